The lowest BCUT2D eigenvalue weighted by Crippen LogP contribution is -1.98. The molecule has 14 heavy (non-hydrogen) atoms. The largest absolute Gasteiger partial charge is 0.487 e. The summed E-state index contributed by atoms with van der Waals surface area (Å²) in [4.78, 5) is 3.74. The van der Waals surface area contributed by atoms with E-state index in [0.717, 1.165) is 5.75 Å². The molecule has 0 aromatic heterocycles. The molecule has 1 aromatic carbocycles. The van der Waals surface area contributed by atoms with E-state index in [-0.39, 0.29) is 0 Å². The molecule has 3 heteroatoms. The monoisotopic (exact) mass is 203 g/mol. The average molecular weight is 203 g/mol. The molecule has 0 amide bonds. The molecule has 0 N–H and O–H groups in total. The molecular weight excluding hydrogens is 194 g/mol. The van der Waals surface area contributed by atoms with E-state index >= 15 is 0 Å². The van der Waals surface area contributed by atoms with Crippen LogP contribution in [-0.2, 0) is 0 Å². The summed E-state index contributed by atoms with van der Waals surface area (Å²) in [6.45, 7) is 3.77. The average Bonchev–Trinajstić information content (AvgIpc) is 2.25. The second kappa shape index (κ2) is 5.90. The fourth-order valence-electron chi connectivity index (χ4n) is 0.846. The summed E-state index contributed by atoms with van der Waals surface area (Å²) in [7, 11) is 0. The minimum absolute atomic E-state index is 0.303. The summed E-state index contributed by atoms with van der Waals surface area (Å²) in [6, 6.07) is 9.44. The molecule has 70 valence electrons. The summed E-state index contributed by atoms with van der Waals surface area (Å²) < 4.78 is 5.39. The fraction of sp³-hybridized carbons (Fsp3) is 0.0909. The highest BCUT2D eigenvalue weighted by Gasteiger charge is 1.94. The van der Waals surface area contributed by atoms with Crippen molar-refractivity contribution in [3.63, 3.8) is 0 Å². The van der Waals surface area contributed by atoms with Gasteiger partial charge in [0, 0.05) is 0 Å². The fourth-order valence-corrected chi connectivity index (χ4v) is 0.957. The molecule has 0 saturated heterocycles. The van der Waals surface area contributed by atoms with E-state index in [1.165, 1.54) is 0 Å². The Balaban J connectivity index is 2.57. The Morgan fingerprint density at radius 3 is 2.71 bits per heavy atom. The highest BCUT2D eigenvalue weighted by Crippen LogP contribution is 2.09. The van der Waals surface area contributed by atoms with Crippen LogP contribution < -0.4 is 4.74 Å². The zero-order chi connectivity index (χ0) is 10.2. The number of thiocarbonyl (C=S) groups is 1. The van der Waals surface area contributed by atoms with Gasteiger partial charge in [0.25, 0.3) is 0 Å². The van der Waals surface area contributed by atoms with E-state index in [2.05, 4.69) is 34.7 Å². The molecule has 1 rings (SSSR count). The van der Waals surface area contributed by atoms with Crippen LogP contribution in [0.5, 0.6) is 5.75 Å². The van der Waals surface area contributed by atoms with Crippen molar-refractivity contribution < 1.29 is 4.74 Å². The van der Waals surface area contributed by atoms with Crippen LogP contribution in [0.15, 0.2) is 53.3 Å². The van der Waals surface area contributed by atoms with Gasteiger partial charge in [0.15, 0.2) is 0 Å². The standard InChI is InChI=1S/C11H9NOS/c1-2-10(12-9-14)8-13-11-6-4-3-5-7-11/h3-7H,1,8H2. The summed E-state index contributed by atoms with van der Waals surface area (Å²) in [5.74, 6) is 0.778. The lowest BCUT2D eigenvalue weighted by atomic mass is 10.3. The van der Waals surface area contributed by atoms with Gasteiger partial charge in [-0.3, -0.25) is 0 Å². The number of isothiocyanates is 1. The Labute approximate surface area is 88.2 Å². The van der Waals surface area contributed by atoms with Gasteiger partial charge < -0.3 is 4.74 Å². The quantitative estimate of drug-likeness (QED) is 0.426. The highest BCUT2D eigenvalue weighted by molar-refractivity contribution is 7.78. The van der Waals surface area contributed by atoms with Crippen LogP contribution in [0.1, 0.15) is 0 Å². The summed E-state index contributed by atoms with van der Waals surface area (Å²) in [5, 5.41) is 2.24. The number of para-hydroxylation sites is 1. The molecule has 0 atom stereocenters. The molecule has 0 spiro atoms. The zero-order valence-corrected chi connectivity index (χ0v) is 8.38. The van der Waals surface area contributed by atoms with Crippen LogP contribution >= 0.6 is 12.2 Å². The zero-order valence-electron chi connectivity index (χ0n) is 7.56. The van der Waals surface area contributed by atoms with Crippen LogP contribution in [0.3, 0.4) is 0 Å². The minimum atomic E-state index is 0.303. The Bertz CT molecular complexity index is 387. The van der Waals surface area contributed by atoms with Crippen molar-refractivity contribution in [3.8, 4) is 5.75 Å². The molecular formula is C11H9NOS. The number of nitrogens with zero attached hydrogens (tertiary/aromatic N) is 1. The maximum absolute atomic E-state index is 5.39. The van der Waals surface area contributed by atoms with Crippen molar-refractivity contribution in [1.29, 1.82) is 0 Å². The maximum atomic E-state index is 5.39. The molecule has 0 bridgehead atoms. The second-order valence-electron chi connectivity index (χ2n) is 2.43. The van der Waals surface area contributed by atoms with Crippen molar-refractivity contribution in [2.24, 2.45) is 4.99 Å². The Kier molecular flexibility index (Phi) is 4.39. The number of ether oxygens (including phenoxy) is 1. The molecule has 0 heterocycles. The number of rotatable bonds is 4. The van der Waals surface area contributed by atoms with Crippen molar-refractivity contribution in [1.82, 2.24) is 0 Å². The van der Waals surface area contributed by atoms with E-state index in [0.29, 0.717) is 12.3 Å². The van der Waals surface area contributed by atoms with Gasteiger partial charge in [0.2, 0.25) is 0 Å². The molecule has 0 aliphatic carbocycles. The first kappa shape index (κ1) is 10.4. The second-order valence-corrected chi connectivity index (χ2v) is 2.61. The molecule has 2 nitrogen and oxygen atoms in total. The van der Waals surface area contributed by atoms with Gasteiger partial charge >= 0.3 is 0 Å². The first-order chi connectivity index (χ1) is 6.86. The van der Waals surface area contributed by atoms with Crippen LogP contribution in [-0.4, -0.2) is 11.8 Å². The SMILES string of the molecule is C=C=C(COc1ccccc1)N=C=S. The Morgan fingerprint density at radius 2 is 2.14 bits per heavy atom. The minimum Gasteiger partial charge on any atom is -0.487 e. The number of benzene rings is 1. The van der Waals surface area contributed by atoms with E-state index in [1.54, 1.807) is 0 Å². The van der Waals surface area contributed by atoms with Gasteiger partial charge in [0.05, 0.1) is 5.16 Å². The van der Waals surface area contributed by atoms with E-state index in [1.807, 2.05) is 30.3 Å². The lowest BCUT2D eigenvalue weighted by molar-refractivity contribution is 0.351. The van der Waals surface area contributed by atoms with E-state index < -0.39 is 0 Å². The van der Waals surface area contributed by atoms with Gasteiger partial charge in [0.1, 0.15) is 18.1 Å². The van der Waals surface area contributed by atoms with Crippen LogP contribution in [0, 0.1) is 0 Å². The van der Waals surface area contributed by atoms with Crippen LogP contribution in [0.4, 0.5) is 0 Å². The van der Waals surface area contributed by atoms with Gasteiger partial charge in [-0.05, 0) is 24.4 Å². The topological polar surface area (TPSA) is 21.6 Å². The summed E-state index contributed by atoms with van der Waals surface area (Å²) >= 11 is 4.46. The predicted molar refractivity (Wildman–Crippen MR) is 59.6 cm³/mol. The van der Waals surface area contributed by atoms with Crippen LogP contribution in [0.25, 0.3) is 0 Å². The molecule has 0 fully saturated rings. The molecule has 0 aliphatic heterocycles. The van der Waals surface area contributed by atoms with E-state index in [9.17, 15) is 0 Å². The van der Waals surface area contributed by atoms with Crippen molar-refractivity contribution in [2.45, 2.75) is 0 Å². The first-order valence-electron chi connectivity index (χ1n) is 4.01. The van der Waals surface area contributed by atoms with Crippen LogP contribution in [0.2, 0.25) is 0 Å². The van der Waals surface area contributed by atoms with Crippen molar-refractivity contribution in [2.75, 3.05) is 6.61 Å². The normalized spacial score (nSPS) is 8.29. The molecule has 0 aliphatic rings. The third kappa shape index (κ3) is 3.38. The van der Waals surface area contributed by atoms with Gasteiger partial charge in [-0.25, -0.2) is 0 Å². The summed E-state index contributed by atoms with van der Waals surface area (Å²) in [5.41, 5.74) is 3.16. The molecule has 0 unspecified atom stereocenters. The van der Waals surface area contributed by atoms with Gasteiger partial charge in [-0.1, -0.05) is 24.8 Å². The first-order valence-corrected chi connectivity index (χ1v) is 4.42. The van der Waals surface area contributed by atoms with Crippen molar-refractivity contribution >= 4 is 17.4 Å². The third-order valence-corrected chi connectivity index (χ3v) is 1.59. The van der Waals surface area contributed by atoms with Gasteiger partial charge in [-0.2, -0.15) is 4.99 Å². The number of aliphatic imine (C=N–C) groups is 1. The predicted octanol–water partition coefficient (Wildman–Crippen LogP) is 2.84. The smallest absolute Gasteiger partial charge is 0.138 e. The lowest BCUT2D eigenvalue weighted by Gasteiger charge is -2.03. The molecule has 0 radical (unpaired) electrons. The Hall–Kier alpha value is -1.66. The maximum Gasteiger partial charge on any atom is 0.138 e. The summed E-state index contributed by atoms with van der Waals surface area (Å²) in [6.07, 6.45) is 0. The van der Waals surface area contributed by atoms with E-state index in [4.69, 9.17) is 4.74 Å². The highest BCUT2D eigenvalue weighted by atomic mass is 32.1. The van der Waals surface area contributed by atoms with Crippen molar-refractivity contribution in [3.05, 3.63) is 48.3 Å². The van der Waals surface area contributed by atoms with Gasteiger partial charge in [-0.15, -0.1) is 5.73 Å². The number of hydrogen-bond donors (Lipinski definition) is 0. The Morgan fingerprint density at radius 1 is 1.43 bits per heavy atom. The molecule has 0 saturated carbocycles. The number of hydrogen-bond acceptors (Lipinski definition) is 3. The third-order valence-electron chi connectivity index (χ3n) is 1.50. The molecule has 1 aromatic rings.